The summed E-state index contributed by atoms with van der Waals surface area (Å²) in [5.74, 6) is 1.74. The summed E-state index contributed by atoms with van der Waals surface area (Å²) >= 11 is 0. The molecule has 1 saturated carbocycles. The molecule has 0 atom stereocenters. The third-order valence-electron chi connectivity index (χ3n) is 4.82. The van der Waals surface area contributed by atoms with Gasteiger partial charge in [-0.3, -0.25) is 0 Å². The van der Waals surface area contributed by atoms with E-state index in [9.17, 15) is 0 Å². The summed E-state index contributed by atoms with van der Waals surface area (Å²) in [4.78, 5) is 0. The molecule has 0 unspecified atom stereocenters. The average molecular weight is 261 g/mol. The molecule has 0 spiro atoms. The van der Waals surface area contributed by atoms with Crippen LogP contribution < -0.4 is 10.5 Å². The summed E-state index contributed by atoms with van der Waals surface area (Å²) in [6.45, 7) is 9.81. The molecule has 0 aromatic heterocycles. The first kappa shape index (κ1) is 14.4. The van der Waals surface area contributed by atoms with Crippen molar-refractivity contribution in [3.8, 4) is 5.75 Å². The van der Waals surface area contributed by atoms with Crippen LogP contribution in [-0.2, 0) is 5.41 Å². The van der Waals surface area contributed by atoms with Crippen LogP contribution in [0.5, 0.6) is 5.75 Å². The van der Waals surface area contributed by atoms with Gasteiger partial charge in [-0.05, 0) is 37.2 Å². The van der Waals surface area contributed by atoms with E-state index in [1.54, 1.807) is 7.11 Å². The van der Waals surface area contributed by atoms with Gasteiger partial charge < -0.3 is 10.5 Å². The molecular formula is C17H27NO. The maximum Gasteiger partial charge on any atom is 0.122 e. The van der Waals surface area contributed by atoms with Crippen LogP contribution in [0.15, 0.2) is 18.2 Å². The van der Waals surface area contributed by atoms with Gasteiger partial charge in [0.25, 0.3) is 0 Å². The molecule has 0 amide bonds. The number of aryl methyl sites for hydroxylation is 1. The van der Waals surface area contributed by atoms with Crippen molar-refractivity contribution in [1.82, 2.24) is 0 Å². The molecule has 2 heteroatoms. The normalized spacial score (nSPS) is 26.9. The number of hydrogen-bond acceptors (Lipinski definition) is 2. The Kier molecular flexibility index (Phi) is 3.65. The van der Waals surface area contributed by atoms with Crippen LogP contribution in [0.2, 0.25) is 0 Å². The number of benzene rings is 1. The fourth-order valence-corrected chi connectivity index (χ4v) is 3.23. The van der Waals surface area contributed by atoms with Crippen LogP contribution in [0.4, 0.5) is 0 Å². The summed E-state index contributed by atoms with van der Waals surface area (Å²) < 4.78 is 5.55. The monoisotopic (exact) mass is 261 g/mol. The zero-order valence-electron chi connectivity index (χ0n) is 12.9. The van der Waals surface area contributed by atoms with Crippen molar-refractivity contribution >= 4 is 0 Å². The SMILES string of the molecule is COc1ccc(C)cc1C1(CN)CC(C(C)(C)C)C1. The minimum atomic E-state index is 0.120. The summed E-state index contributed by atoms with van der Waals surface area (Å²) in [6.07, 6.45) is 2.35. The van der Waals surface area contributed by atoms with E-state index in [-0.39, 0.29) is 5.41 Å². The first-order valence-electron chi connectivity index (χ1n) is 7.17. The molecule has 0 aliphatic heterocycles. The van der Waals surface area contributed by atoms with Crippen molar-refractivity contribution < 1.29 is 4.74 Å². The predicted octanol–water partition coefficient (Wildman–Crippen LogP) is 3.66. The molecule has 0 saturated heterocycles. The van der Waals surface area contributed by atoms with Crippen molar-refractivity contribution in [2.45, 2.75) is 46.0 Å². The van der Waals surface area contributed by atoms with Gasteiger partial charge in [-0.25, -0.2) is 0 Å². The van der Waals surface area contributed by atoms with Gasteiger partial charge in [-0.1, -0.05) is 38.5 Å². The van der Waals surface area contributed by atoms with E-state index in [2.05, 4.69) is 45.9 Å². The van der Waals surface area contributed by atoms with E-state index >= 15 is 0 Å². The van der Waals surface area contributed by atoms with Gasteiger partial charge in [0.2, 0.25) is 0 Å². The topological polar surface area (TPSA) is 35.2 Å². The minimum absolute atomic E-state index is 0.120. The quantitative estimate of drug-likeness (QED) is 0.901. The molecule has 2 nitrogen and oxygen atoms in total. The van der Waals surface area contributed by atoms with Crippen LogP contribution >= 0.6 is 0 Å². The number of methoxy groups -OCH3 is 1. The van der Waals surface area contributed by atoms with Crippen molar-refractivity contribution in [2.24, 2.45) is 17.1 Å². The molecule has 1 aliphatic rings. The van der Waals surface area contributed by atoms with Gasteiger partial charge in [0, 0.05) is 17.5 Å². The van der Waals surface area contributed by atoms with Gasteiger partial charge >= 0.3 is 0 Å². The smallest absolute Gasteiger partial charge is 0.122 e. The third-order valence-corrected chi connectivity index (χ3v) is 4.82. The third kappa shape index (κ3) is 2.51. The summed E-state index contributed by atoms with van der Waals surface area (Å²) in [5, 5.41) is 0. The van der Waals surface area contributed by atoms with Gasteiger partial charge in [0.05, 0.1) is 7.11 Å². The second-order valence-corrected chi connectivity index (χ2v) is 7.16. The Morgan fingerprint density at radius 2 is 1.95 bits per heavy atom. The first-order valence-corrected chi connectivity index (χ1v) is 7.17. The van der Waals surface area contributed by atoms with Crippen molar-refractivity contribution in [3.05, 3.63) is 29.3 Å². The van der Waals surface area contributed by atoms with Crippen molar-refractivity contribution in [2.75, 3.05) is 13.7 Å². The number of hydrogen-bond donors (Lipinski definition) is 1. The Morgan fingerprint density at radius 3 is 2.42 bits per heavy atom. The lowest BCUT2D eigenvalue weighted by molar-refractivity contribution is 0.0488. The van der Waals surface area contributed by atoms with E-state index < -0.39 is 0 Å². The van der Waals surface area contributed by atoms with E-state index in [0.717, 1.165) is 11.7 Å². The standard InChI is InChI=1S/C17H27NO/c1-12-6-7-15(19-5)14(8-12)17(11-18)9-13(10-17)16(2,3)4/h6-8,13H,9-11,18H2,1-5H3. The zero-order chi connectivity index (χ0) is 14.3. The van der Waals surface area contributed by atoms with Crippen LogP contribution in [0.3, 0.4) is 0 Å². The Hall–Kier alpha value is -1.02. The molecule has 1 aromatic rings. The maximum atomic E-state index is 6.12. The summed E-state index contributed by atoms with van der Waals surface area (Å²) in [5.41, 5.74) is 9.20. The zero-order valence-corrected chi connectivity index (χ0v) is 12.9. The van der Waals surface area contributed by atoms with Crippen LogP contribution in [-0.4, -0.2) is 13.7 Å². The van der Waals surface area contributed by atoms with Crippen LogP contribution in [0, 0.1) is 18.3 Å². The summed E-state index contributed by atoms with van der Waals surface area (Å²) in [7, 11) is 1.75. The second-order valence-electron chi connectivity index (χ2n) is 7.16. The second kappa shape index (κ2) is 4.82. The highest BCUT2D eigenvalue weighted by molar-refractivity contribution is 5.44. The molecule has 0 bridgehead atoms. The van der Waals surface area contributed by atoms with Crippen LogP contribution in [0.25, 0.3) is 0 Å². The Morgan fingerprint density at radius 1 is 1.32 bits per heavy atom. The molecule has 1 aromatic carbocycles. The Bertz CT molecular complexity index is 453. The minimum Gasteiger partial charge on any atom is -0.496 e. The lowest BCUT2D eigenvalue weighted by Crippen LogP contribution is -2.51. The van der Waals surface area contributed by atoms with Crippen molar-refractivity contribution in [3.63, 3.8) is 0 Å². The Labute approximate surface area is 117 Å². The molecule has 19 heavy (non-hydrogen) atoms. The first-order chi connectivity index (χ1) is 8.82. The van der Waals surface area contributed by atoms with Crippen LogP contribution in [0.1, 0.15) is 44.7 Å². The fraction of sp³-hybridized carbons (Fsp3) is 0.647. The maximum absolute atomic E-state index is 6.12. The average Bonchev–Trinajstić information content (AvgIpc) is 2.27. The van der Waals surface area contributed by atoms with Gasteiger partial charge in [0.1, 0.15) is 5.75 Å². The molecule has 106 valence electrons. The predicted molar refractivity (Wildman–Crippen MR) is 80.6 cm³/mol. The van der Waals surface area contributed by atoms with Gasteiger partial charge in [0.15, 0.2) is 0 Å². The lowest BCUT2D eigenvalue weighted by atomic mass is 9.52. The summed E-state index contributed by atoms with van der Waals surface area (Å²) in [6, 6.07) is 6.43. The largest absolute Gasteiger partial charge is 0.496 e. The molecule has 0 radical (unpaired) electrons. The molecular weight excluding hydrogens is 234 g/mol. The van der Waals surface area contributed by atoms with E-state index in [0.29, 0.717) is 12.0 Å². The molecule has 2 rings (SSSR count). The highest BCUT2D eigenvalue weighted by Crippen LogP contribution is 2.55. The molecule has 1 fully saturated rings. The van der Waals surface area contributed by atoms with E-state index in [1.807, 2.05) is 0 Å². The van der Waals surface area contributed by atoms with E-state index in [4.69, 9.17) is 10.5 Å². The highest BCUT2D eigenvalue weighted by Gasteiger charge is 2.49. The molecule has 1 aliphatic carbocycles. The number of ether oxygens (including phenoxy) is 1. The Balaban J connectivity index is 2.32. The van der Waals surface area contributed by atoms with Crippen molar-refractivity contribution in [1.29, 1.82) is 0 Å². The highest BCUT2D eigenvalue weighted by atomic mass is 16.5. The van der Waals surface area contributed by atoms with E-state index in [1.165, 1.54) is 24.0 Å². The molecule has 0 heterocycles. The van der Waals surface area contributed by atoms with Gasteiger partial charge in [-0.2, -0.15) is 0 Å². The molecule has 2 N–H and O–H groups in total. The van der Waals surface area contributed by atoms with Gasteiger partial charge in [-0.15, -0.1) is 0 Å². The lowest BCUT2D eigenvalue weighted by Gasteiger charge is -2.53. The fourth-order valence-electron chi connectivity index (χ4n) is 3.23. The number of rotatable bonds is 3. The number of nitrogens with two attached hydrogens (primary N) is 1.